The zero-order valence-electron chi connectivity index (χ0n) is 10.8. The Balaban J connectivity index is 1.90. The number of nitrogens with one attached hydrogen (secondary N) is 1. The van der Waals surface area contributed by atoms with Gasteiger partial charge in [-0.1, -0.05) is 18.2 Å². The van der Waals surface area contributed by atoms with Gasteiger partial charge in [-0.3, -0.25) is 0 Å². The molecular formula is C14H19NO3. The number of benzene rings is 1. The van der Waals surface area contributed by atoms with E-state index in [2.05, 4.69) is 11.4 Å². The van der Waals surface area contributed by atoms with Crippen molar-refractivity contribution in [1.29, 1.82) is 0 Å². The Kier molecular flexibility index (Phi) is 4.75. The maximum atomic E-state index is 5.48. The van der Waals surface area contributed by atoms with Gasteiger partial charge in [-0.05, 0) is 6.07 Å². The minimum Gasteiger partial charge on any atom is -0.464 e. The average molecular weight is 249 g/mol. The molecule has 2 aromatic rings. The second kappa shape index (κ2) is 6.54. The number of hydrogen-bond donors (Lipinski definition) is 1. The quantitative estimate of drug-likeness (QED) is 0.817. The van der Waals surface area contributed by atoms with Crippen LogP contribution in [0.4, 0.5) is 0 Å². The third kappa shape index (κ3) is 3.10. The van der Waals surface area contributed by atoms with Crippen molar-refractivity contribution in [1.82, 2.24) is 5.32 Å². The fraction of sp³-hybridized carbons (Fsp3) is 0.429. The predicted molar refractivity (Wildman–Crippen MR) is 70.6 cm³/mol. The van der Waals surface area contributed by atoms with Crippen LogP contribution in [0.5, 0.6) is 0 Å². The van der Waals surface area contributed by atoms with Crippen molar-refractivity contribution >= 4 is 11.0 Å². The number of furan rings is 1. The molecule has 1 atom stereocenters. The first-order valence-electron chi connectivity index (χ1n) is 6.02. The van der Waals surface area contributed by atoms with Crippen LogP contribution in [0, 0.1) is 0 Å². The topological polar surface area (TPSA) is 43.6 Å². The summed E-state index contributed by atoms with van der Waals surface area (Å²) in [6.45, 7) is 2.11. The van der Waals surface area contributed by atoms with E-state index in [0.717, 1.165) is 29.6 Å². The van der Waals surface area contributed by atoms with E-state index in [1.54, 1.807) is 20.5 Å². The molecule has 0 saturated carbocycles. The second-order valence-electron chi connectivity index (χ2n) is 4.20. The van der Waals surface area contributed by atoms with Crippen LogP contribution in [0.25, 0.3) is 11.0 Å². The molecule has 0 aliphatic heterocycles. The van der Waals surface area contributed by atoms with Crippen molar-refractivity contribution in [3.63, 3.8) is 0 Å². The van der Waals surface area contributed by atoms with Gasteiger partial charge in [0.1, 0.15) is 5.58 Å². The Labute approximate surface area is 107 Å². The summed E-state index contributed by atoms with van der Waals surface area (Å²) in [6.07, 6.45) is 1.88. The monoisotopic (exact) mass is 249 g/mol. The smallest absolute Gasteiger partial charge is 0.134 e. The van der Waals surface area contributed by atoms with Crippen molar-refractivity contribution in [3.8, 4) is 0 Å². The SMILES string of the molecule is COCC(CNCc1coc2ccccc12)OC. The maximum Gasteiger partial charge on any atom is 0.134 e. The van der Waals surface area contributed by atoms with Gasteiger partial charge in [0.15, 0.2) is 0 Å². The zero-order chi connectivity index (χ0) is 12.8. The van der Waals surface area contributed by atoms with Gasteiger partial charge in [0, 0.05) is 38.3 Å². The molecule has 4 nitrogen and oxygen atoms in total. The molecule has 2 rings (SSSR count). The van der Waals surface area contributed by atoms with Crippen LogP contribution in [0.15, 0.2) is 34.9 Å². The molecule has 0 bridgehead atoms. The summed E-state index contributed by atoms with van der Waals surface area (Å²) < 4.78 is 15.8. The fourth-order valence-corrected chi connectivity index (χ4v) is 1.93. The minimum absolute atomic E-state index is 0.0770. The summed E-state index contributed by atoms with van der Waals surface area (Å²) >= 11 is 0. The Morgan fingerprint density at radius 1 is 1.28 bits per heavy atom. The lowest BCUT2D eigenvalue weighted by molar-refractivity contribution is 0.0288. The lowest BCUT2D eigenvalue weighted by Crippen LogP contribution is -2.31. The van der Waals surface area contributed by atoms with Crippen LogP contribution in [-0.2, 0) is 16.0 Å². The number of methoxy groups -OCH3 is 2. The van der Waals surface area contributed by atoms with Gasteiger partial charge in [0.25, 0.3) is 0 Å². The molecule has 18 heavy (non-hydrogen) atoms. The first kappa shape index (κ1) is 13.1. The molecule has 0 fully saturated rings. The molecule has 1 N–H and O–H groups in total. The van der Waals surface area contributed by atoms with Gasteiger partial charge < -0.3 is 19.2 Å². The molecule has 0 spiro atoms. The van der Waals surface area contributed by atoms with E-state index in [1.807, 2.05) is 18.2 Å². The molecule has 0 aliphatic carbocycles. The average Bonchev–Trinajstić information content (AvgIpc) is 2.81. The molecule has 0 radical (unpaired) electrons. The summed E-state index contributed by atoms with van der Waals surface area (Å²) in [6, 6.07) is 8.04. The van der Waals surface area contributed by atoms with E-state index in [9.17, 15) is 0 Å². The Hall–Kier alpha value is -1.36. The van der Waals surface area contributed by atoms with Gasteiger partial charge >= 0.3 is 0 Å². The van der Waals surface area contributed by atoms with Crippen LogP contribution in [0.2, 0.25) is 0 Å². The molecule has 0 amide bonds. The second-order valence-corrected chi connectivity index (χ2v) is 4.20. The van der Waals surface area contributed by atoms with Crippen molar-refractivity contribution in [2.24, 2.45) is 0 Å². The molecule has 0 aliphatic rings. The zero-order valence-corrected chi connectivity index (χ0v) is 10.8. The van der Waals surface area contributed by atoms with Gasteiger partial charge in [-0.15, -0.1) is 0 Å². The van der Waals surface area contributed by atoms with Crippen LogP contribution in [0.1, 0.15) is 5.56 Å². The summed E-state index contributed by atoms with van der Waals surface area (Å²) in [5.41, 5.74) is 2.09. The highest BCUT2D eigenvalue weighted by Gasteiger charge is 2.08. The molecule has 98 valence electrons. The number of ether oxygens (including phenoxy) is 2. The standard InChI is InChI=1S/C14H19NO3/c1-16-10-12(17-2)8-15-7-11-9-18-14-6-4-3-5-13(11)14/h3-6,9,12,15H,7-8,10H2,1-2H3. The molecule has 1 heterocycles. The largest absolute Gasteiger partial charge is 0.464 e. The van der Waals surface area contributed by atoms with Crippen LogP contribution >= 0.6 is 0 Å². The van der Waals surface area contributed by atoms with E-state index in [-0.39, 0.29) is 6.10 Å². The lowest BCUT2D eigenvalue weighted by Gasteiger charge is -2.14. The molecule has 1 aromatic carbocycles. The number of hydrogen-bond acceptors (Lipinski definition) is 4. The van der Waals surface area contributed by atoms with E-state index < -0.39 is 0 Å². The first-order valence-corrected chi connectivity index (χ1v) is 6.02. The highest BCUT2D eigenvalue weighted by atomic mass is 16.5. The molecule has 1 unspecified atom stereocenters. The molecular weight excluding hydrogens is 230 g/mol. The normalized spacial score (nSPS) is 13.0. The van der Waals surface area contributed by atoms with E-state index in [1.165, 1.54) is 0 Å². The lowest BCUT2D eigenvalue weighted by atomic mass is 10.2. The van der Waals surface area contributed by atoms with Crippen LogP contribution in [-0.4, -0.2) is 33.5 Å². The number of fused-ring (bicyclic) bond motifs is 1. The van der Waals surface area contributed by atoms with Gasteiger partial charge in [0.05, 0.1) is 19.0 Å². The Morgan fingerprint density at radius 3 is 2.89 bits per heavy atom. The third-order valence-electron chi connectivity index (χ3n) is 2.93. The van der Waals surface area contributed by atoms with Crippen LogP contribution < -0.4 is 5.32 Å². The molecule has 4 heteroatoms. The fourth-order valence-electron chi connectivity index (χ4n) is 1.93. The van der Waals surface area contributed by atoms with Crippen molar-refractivity contribution < 1.29 is 13.9 Å². The van der Waals surface area contributed by atoms with Crippen molar-refractivity contribution in [2.45, 2.75) is 12.6 Å². The van der Waals surface area contributed by atoms with Gasteiger partial charge in [0.2, 0.25) is 0 Å². The minimum atomic E-state index is 0.0770. The van der Waals surface area contributed by atoms with E-state index in [0.29, 0.717) is 6.61 Å². The van der Waals surface area contributed by atoms with E-state index >= 15 is 0 Å². The summed E-state index contributed by atoms with van der Waals surface area (Å²) in [5.74, 6) is 0. The molecule has 1 aromatic heterocycles. The highest BCUT2D eigenvalue weighted by molar-refractivity contribution is 5.80. The number of para-hydroxylation sites is 1. The van der Waals surface area contributed by atoms with Crippen molar-refractivity contribution in [3.05, 3.63) is 36.1 Å². The molecule has 0 saturated heterocycles. The Bertz CT molecular complexity index is 481. The highest BCUT2D eigenvalue weighted by Crippen LogP contribution is 2.20. The van der Waals surface area contributed by atoms with Crippen LogP contribution in [0.3, 0.4) is 0 Å². The van der Waals surface area contributed by atoms with Crippen molar-refractivity contribution in [2.75, 3.05) is 27.4 Å². The Morgan fingerprint density at radius 2 is 2.11 bits per heavy atom. The summed E-state index contributed by atoms with van der Waals surface area (Å²) in [7, 11) is 3.37. The first-order chi connectivity index (χ1) is 8.85. The summed E-state index contributed by atoms with van der Waals surface area (Å²) in [4.78, 5) is 0. The van der Waals surface area contributed by atoms with E-state index in [4.69, 9.17) is 13.9 Å². The van der Waals surface area contributed by atoms with Gasteiger partial charge in [-0.2, -0.15) is 0 Å². The maximum absolute atomic E-state index is 5.48. The van der Waals surface area contributed by atoms with Gasteiger partial charge in [-0.25, -0.2) is 0 Å². The predicted octanol–water partition coefficient (Wildman–Crippen LogP) is 2.18. The third-order valence-corrected chi connectivity index (χ3v) is 2.93. The number of rotatable bonds is 7. The summed E-state index contributed by atoms with van der Waals surface area (Å²) in [5, 5.41) is 4.51.